The molecule has 17 heavy (non-hydrogen) atoms. The third-order valence-corrected chi connectivity index (χ3v) is 3.26. The van der Waals surface area contributed by atoms with E-state index in [1.165, 1.54) is 5.56 Å². The van der Waals surface area contributed by atoms with E-state index in [-0.39, 0.29) is 0 Å². The van der Waals surface area contributed by atoms with Crippen LogP contribution < -0.4 is 0 Å². The monoisotopic (exact) mass is 240 g/mol. The van der Waals surface area contributed by atoms with Crippen LogP contribution in [0.2, 0.25) is 0 Å². The molecular formula is C14H12N2S. The topological polar surface area (TPSA) is 9.34 Å². The largest absolute Gasteiger partial charge is 0.318 e. The maximum atomic E-state index is 5.45. The van der Waals surface area contributed by atoms with Crippen molar-refractivity contribution in [2.45, 2.75) is 6.54 Å². The van der Waals surface area contributed by atoms with Crippen LogP contribution in [-0.2, 0) is 6.54 Å². The summed E-state index contributed by atoms with van der Waals surface area (Å²) in [6.07, 6.45) is 4.09. The second kappa shape index (κ2) is 4.18. The summed E-state index contributed by atoms with van der Waals surface area (Å²) in [5.41, 5.74) is 2.40. The SMILES string of the molecule is S=c1n(Cc2ccccc2)cc2ccccn12. The molecule has 0 unspecified atom stereocenters. The van der Waals surface area contributed by atoms with Crippen LogP contribution in [0.3, 0.4) is 0 Å². The molecule has 0 N–H and O–H groups in total. The number of pyridine rings is 1. The van der Waals surface area contributed by atoms with Gasteiger partial charge >= 0.3 is 0 Å². The maximum Gasteiger partial charge on any atom is 0.184 e. The average molecular weight is 240 g/mol. The summed E-state index contributed by atoms with van der Waals surface area (Å²) in [6, 6.07) is 16.4. The number of fused-ring (bicyclic) bond motifs is 1. The summed E-state index contributed by atoms with van der Waals surface area (Å²) in [7, 11) is 0. The Morgan fingerprint density at radius 3 is 2.47 bits per heavy atom. The predicted octanol–water partition coefficient (Wildman–Crippen LogP) is 3.52. The van der Waals surface area contributed by atoms with Crippen LogP contribution in [0.15, 0.2) is 60.9 Å². The summed E-state index contributed by atoms with van der Waals surface area (Å²) < 4.78 is 4.96. The Bertz CT molecular complexity index is 695. The first-order valence-corrected chi connectivity index (χ1v) is 5.96. The van der Waals surface area contributed by atoms with Crippen LogP contribution in [0.4, 0.5) is 0 Å². The number of hydrogen-bond acceptors (Lipinski definition) is 1. The van der Waals surface area contributed by atoms with Crippen molar-refractivity contribution in [2.24, 2.45) is 0 Å². The lowest BCUT2D eigenvalue weighted by Gasteiger charge is -2.01. The van der Waals surface area contributed by atoms with Gasteiger partial charge in [-0.2, -0.15) is 0 Å². The van der Waals surface area contributed by atoms with Gasteiger partial charge in [-0.3, -0.25) is 4.40 Å². The molecule has 84 valence electrons. The Morgan fingerprint density at radius 2 is 1.71 bits per heavy atom. The van der Waals surface area contributed by atoms with Gasteiger partial charge in [0.05, 0.1) is 5.52 Å². The number of aromatic nitrogens is 2. The molecule has 0 radical (unpaired) electrons. The van der Waals surface area contributed by atoms with Crippen molar-refractivity contribution in [3.8, 4) is 0 Å². The molecule has 0 aliphatic rings. The summed E-state index contributed by atoms with van der Waals surface area (Å²) in [6.45, 7) is 0.821. The van der Waals surface area contributed by atoms with Gasteiger partial charge in [-0.05, 0) is 29.9 Å². The first-order valence-electron chi connectivity index (χ1n) is 5.55. The molecule has 3 heteroatoms. The minimum atomic E-state index is 0.821. The normalized spacial score (nSPS) is 10.8. The van der Waals surface area contributed by atoms with Gasteiger partial charge in [-0.25, -0.2) is 0 Å². The first-order chi connectivity index (χ1) is 8.34. The van der Waals surface area contributed by atoms with Crippen molar-refractivity contribution in [3.05, 3.63) is 71.3 Å². The van der Waals surface area contributed by atoms with Crippen molar-refractivity contribution in [3.63, 3.8) is 0 Å². The fourth-order valence-corrected chi connectivity index (χ4v) is 2.27. The number of rotatable bonds is 2. The fourth-order valence-electron chi connectivity index (χ4n) is 1.98. The van der Waals surface area contributed by atoms with Crippen molar-refractivity contribution < 1.29 is 0 Å². The van der Waals surface area contributed by atoms with E-state index in [9.17, 15) is 0 Å². The predicted molar refractivity (Wildman–Crippen MR) is 71.8 cm³/mol. The zero-order valence-corrected chi connectivity index (χ0v) is 10.1. The third kappa shape index (κ3) is 1.89. The van der Waals surface area contributed by atoms with Gasteiger partial charge in [0.2, 0.25) is 0 Å². The minimum absolute atomic E-state index is 0.821. The summed E-state index contributed by atoms with van der Waals surface area (Å²) >= 11 is 5.45. The fraction of sp³-hybridized carbons (Fsp3) is 0.0714. The molecule has 0 saturated carbocycles. The Kier molecular flexibility index (Phi) is 2.53. The summed E-state index contributed by atoms with van der Waals surface area (Å²) in [5, 5.41) is 0. The molecule has 0 atom stereocenters. The highest BCUT2D eigenvalue weighted by Crippen LogP contribution is 2.09. The molecule has 0 bridgehead atoms. The minimum Gasteiger partial charge on any atom is -0.318 e. The number of hydrogen-bond donors (Lipinski definition) is 0. The molecule has 1 aromatic carbocycles. The van der Waals surface area contributed by atoms with Gasteiger partial charge in [0.1, 0.15) is 0 Å². The maximum absolute atomic E-state index is 5.45. The van der Waals surface area contributed by atoms with E-state index in [0.29, 0.717) is 0 Å². The molecule has 0 spiro atoms. The Labute approximate surface area is 105 Å². The number of nitrogens with zero attached hydrogens (tertiary/aromatic N) is 2. The molecule has 2 aromatic heterocycles. The van der Waals surface area contributed by atoms with Crippen molar-refractivity contribution >= 4 is 17.7 Å². The van der Waals surface area contributed by atoms with Gasteiger partial charge in [-0.1, -0.05) is 36.4 Å². The van der Waals surface area contributed by atoms with Crippen LogP contribution in [0.1, 0.15) is 5.56 Å². The molecule has 0 aliphatic carbocycles. The molecular weight excluding hydrogens is 228 g/mol. The van der Waals surface area contributed by atoms with Gasteiger partial charge in [-0.15, -0.1) is 0 Å². The highest BCUT2D eigenvalue weighted by molar-refractivity contribution is 7.71. The molecule has 3 aromatic rings. The van der Waals surface area contributed by atoms with E-state index in [2.05, 4.69) is 41.1 Å². The lowest BCUT2D eigenvalue weighted by atomic mass is 10.2. The smallest absolute Gasteiger partial charge is 0.184 e. The van der Waals surface area contributed by atoms with Crippen molar-refractivity contribution in [1.82, 2.24) is 8.97 Å². The van der Waals surface area contributed by atoms with Crippen LogP contribution >= 0.6 is 12.2 Å². The van der Waals surface area contributed by atoms with Crippen molar-refractivity contribution in [1.29, 1.82) is 0 Å². The standard InChI is InChI=1S/C14H12N2S/c17-14-15(10-12-6-2-1-3-7-12)11-13-8-4-5-9-16(13)14/h1-9,11H,10H2. The number of benzene rings is 1. The Hall–Kier alpha value is -1.87. The molecule has 0 fully saturated rings. The van der Waals surface area contributed by atoms with E-state index in [0.717, 1.165) is 16.8 Å². The van der Waals surface area contributed by atoms with E-state index in [1.54, 1.807) is 0 Å². The van der Waals surface area contributed by atoms with Crippen molar-refractivity contribution in [2.75, 3.05) is 0 Å². The zero-order valence-electron chi connectivity index (χ0n) is 9.28. The highest BCUT2D eigenvalue weighted by atomic mass is 32.1. The molecule has 0 aliphatic heterocycles. The average Bonchev–Trinajstić information content (AvgIpc) is 2.68. The van der Waals surface area contributed by atoms with Crippen LogP contribution in [-0.4, -0.2) is 8.97 Å². The van der Waals surface area contributed by atoms with Gasteiger partial charge < -0.3 is 4.57 Å². The van der Waals surface area contributed by atoms with Gasteiger partial charge in [0, 0.05) is 18.9 Å². The van der Waals surface area contributed by atoms with Gasteiger partial charge in [0.15, 0.2) is 4.77 Å². The van der Waals surface area contributed by atoms with Crippen LogP contribution in [0.25, 0.3) is 5.52 Å². The zero-order chi connectivity index (χ0) is 11.7. The molecule has 2 nitrogen and oxygen atoms in total. The quantitative estimate of drug-likeness (QED) is 0.623. The van der Waals surface area contributed by atoms with Crippen LogP contribution in [0, 0.1) is 4.77 Å². The molecule has 3 rings (SSSR count). The lowest BCUT2D eigenvalue weighted by molar-refractivity contribution is 0.774. The Morgan fingerprint density at radius 1 is 0.941 bits per heavy atom. The Balaban J connectivity index is 2.07. The first kappa shape index (κ1) is 10.3. The number of imidazole rings is 1. The second-order valence-corrected chi connectivity index (χ2v) is 4.39. The van der Waals surface area contributed by atoms with Crippen LogP contribution in [0.5, 0.6) is 0 Å². The van der Waals surface area contributed by atoms with E-state index < -0.39 is 0 Å². The molecule has 2 heterocycles. The van der Waals surface area contributed by atoms with E-state index >= 15 is 0 Å². The highest BCUT2D eigenvalue weighted by Gasteiger charge is 2.01. The summed E-state index contributed by atoms with van der Waals surface area (Å²) in [5.74, 6) is 0. The van der Waals surface area contributed by atoms with Gasteiger partial charge in [0.25, 0.3) is 0 Å². The van der Waals surface area contributed by atoms with E-state index in [4.69, 9.17) is 12.2 Å². The van der Waals surface area contributed by atoms with E-state index in [1.807, 2.05) is 28.8 Å². The summed E-state index contributed by atoms with van der Waals surface area (Å²) in [4.78, 5) is 0. The molecule has 0 amide bonds. The lowest BCUT2D eigenvalue weighted by Crippen LogP contribution is -1.98. The molecule has 0 saturated heterocycles. The second-order valence-electron chi connectivity index (χ2n) is 4.02. The third-order valence-electron chi connectivity index (χ3n) is 2.83.